The van der Waals surface area contributed by atoms with E-state index < -0.39 is 17.8 Å². The first-order chi connectivity index (χ1) is 8.02. The smallest absolute Gasteiger partial charge is 0.328 e. The van der Waals surface area contributed by atoms with E-state index in [4.69, 9.17) is 7.85 Å². The Morgan fingerprint density at radius 1 is 1.35 bits per heavy atom. The van der Waals surface area contributed by atoms with Gasteiger partial charge in [-0.1, -0.05) is 29.8 Å². The first-order valence-corrected chi connectivity index (χ1v) is 5.22. The molecule has 0 aliphatic rings. The van der Waals surface area contributed by atoms with Crippen LogP contribution >= 0.6 is 0 Å². The van der Waals surface area contributed by atoms with Crippen LogP contribution in [0.2, 0.25) is 0 Å². The number of hydrogen-bond acceptors (Lipinski definition) is 3. The van der Waals surface area contributed by atoms with Gasteiger partial charge >= 0.3 is 5.97 Å². The van der Waals surface area contributed by atoms with Crippen LogP contribution in [0.25, 0.3) is 0 Å². The molecule has 1 atom stereocenters. The number of benzene rings is 1. The maximum atomic E-state index is 11.4. The fraction of sp³-hybridized carbons (Fsp3) is 0.333. The molecule has 4 nitrogen and oxygen atoms in total. The molecule has 0 heterocycles. The van der Waals surface area contributed by atoms with Crippen LogP contribution in [0.15, 0.2) is 24.3 Å². The van der Waals surface area contributed by atoms with Gasteiger partial charge in [-0.05, 0) is 12.5 Å². The van der Waals surface area contributed by atoms with Crippen LogP contribution in [-0.2, 0) is 16.0 Å². The zero-order valence-corrected chi connectivity index (χ0v) is 9.90. The predicted octanol–water partition coefficient (Wildman–Crippen LogP) is 0.957. The van der Waals surface area contributed by atoms with E-state index in [0.29, 0.717) is 6.42 Å². The third-order valence-corrected chi connectivity index (χ3v) is 2.36. The van der Waals surface area contributed by atoms with Crippen LogP contribution in [0.1, 0.15) is 11.1 Å². The van der Waals surface area contributed by atoms with Crippen molar-refractivity contribution in [3.8, 4) is 0 Å². The summed E-state index contributed by atoms with van der Waals surface area (Å²) in [6.07, 6.45) is 0.357. The molecular weight excluding hydrogens is 217 g/mol. The molecule has 1 amide bonds. The minimum Gasteiger partial charge on any atom is -0.467 e. The third-order valence-electron chi connectivity index (χ3n) is 2.36. The van der Waals surface area contributed by atoms with E-state index >= 15 is 0 Å². The summed E-state index contributed by atoms with van der Waals surface area (Å²) in [7, 11) is 6.28. The van der Waals surface area contributed by atoms with Gasteiger partial charge in [-0.3, -0.25) is 4.79 Å². The Balaban J connectivity index is 2.75. The number of aryl methyl sites for hydroxylation is 1. The van der Waals surface area contributed by atoms with E-state index in [1.807, 2.05) is 31.2 Å². The number of carbonyl (C=O) groups excluding carboxylic acids is 2. The van der Waals surface area contributed by atoms with Crippen molar-refractivity contribution in [2.24, 2.45) is 0 Å². The Morgan fingerprint density at radius 2 is 1.94 bits per heavy atom. The molecule has 0 saturated heterocycles. The second kappa shape index (κ2) is 6.08. The first kappa shape index (κ1) is 13.3. The molecule has 0 aromatic heterocycles. The number of rotatable bonds is 4. The number of hydrogen-bond donors (Lipinski definition) is 1. The van der Waals surface area contributed by atoms with Gasteiger partial charge in [0.25, 0.3) is 0 Å². The maximum absolute atomic E-state index is 11.4. The molecule has 1 aromatic carbocycles. The molecule has 0 aliphatic carbocycles. The second-order valence-electron chi connectivity index (χ2n) is 3.77. The summed E-state index contributed by atoms with van der Waals surface area (Å²) in [6.45, 7) is 1.98. The summed E-state index contributed by atoms with van der Waals surface area (Å²) in [6, 6.07) is 6.92. The Bertz CT molecular complexity index is 403. The second-order valence-corrected chi connectivity index (χ2v) is 3.77. The number of amides is 1. The van der Waals surface area contributed by atoms with Crippen LogP contribution in [0.4, 0.5) is 4.79 Å². The molecule has 0 bridgehead atoms. The Labute approximate surface area is 102 Å². The maximum Gasteiger partial charge on any atom is 0.328 e. The van der Waals surface area contributed by atoms with Gasteiger partial charge in [0, 0.05) is 6.42 Å². The molecule has 0 spiro atoms. The first-order valence-electron chi connectivity index (χ1n) is 5.22. The summed E-state index contributed by atoms with van der Waals surface area (Å²) in [5, 5.41) is 2.36. The summed E-state index contributed by atoms with van der Waals surface area (Å²) in [5.41, 5.74) is 2.06. The van der Waals surface area contributed by atoms with Crippen molar-refractivity contribution in [3.63, 3.8) is 0 Å². The highest BCUT2D eigenvalue weighted by molar-refractivity contribution is 6.57. The largest absolute Gasteiger partial charge is 0.467 e. The normalized spacial score (nSPS) is 11.6. The van der Waals surface area contributed by atoms with Crippen molar-refractivity contribution in [1.29, 1.82) is 0 Å². The molecule has 0 aliphatic heterocycles. The van der Waals surface area contributed by atoms with Crippen LogP contribution < -0.4 is 5.32 Å². The molecule has 17 heavy (non-hydrogen) atoms. The van der Waals surface area contributed by atoms with Crippen molar-refractivity contribution in [2.75, 3.05) is 7.11 Å². The van der Waals surface area contributed by atoms with Gasteiger partial charge in [0.2, 0.25) is 7.85 Å². The van der Waals surface area contributed by atoms with Crippen molar-refractivity contribution in [1.82, 2.24) is 5.32 Å². The summed E-state index contributed by atoms with van der Waals surface area (Å²) in [5.74, 6) is -1.25. The van der Waals surface area contributed by atoms with Gasteiger partial charge in [0.05, 0.1) is 7.11 Å². The highest BCUT2D eigenvalue weighted by atomic mass is 16.5. The van der Waals surface area contributed by atoms with E-state index in [1.54, 1.807) is 0 Å². The summed E-state index contributed by atoms with van der Waals surface area (Å²) >= 11 is 0. The van der Waals surface area contributed by atoms with Crippen LogP contribution in [0, 0.1) is 6.92 Å². The zero-order valence-electron chi connectivity index (χ0n) is 9.90. The zero-order chi connectivity index (χ0) is 12.8. The predicted molar refractivity (Wildman–Crippen MR) is 65.0 cm³/mol. The minimum atomic E-state index is -0.750. The fourth-order valence-corrected chi connectivity index (χ4v) is 1.47. The fourth-order valence-electron chi connectivity index (χ4n) is 1.47. The van der Waals surface area contributed by atoms with E-state index in [1.165, 1.54) is 7.11 Å². The number of esters is 1. The van der Waals surface area contributed by atoms with Crippen molar-refractivity contribution in [3.05, 3.63) is 35.4 Å². The lowest BCUT2D eigenvalue weighted by molar-refractivity contribution is -0.142. The van der Waals surface area contributed by atoms with Crippen LogP contribution in [0.3, 0.4) is 0 Å². The molecule has 88 valence electrons. The summed E-state index contributed by atoms with van der Waals surface area (Å²) < 4.78 is 4.60. The quantitative estimate of drug-likeness (QED) is 0.620. The highest BCUT2D eigenvalue weighted by Gasteiger charge is 2.19. The van der Waals surface area contributed by atoms with E-state index in [0.717, 1.165) is 11.1 Å². The topological polar surface area (TPSA) is 55.4 Å². The SMILES string of the molecule is [B]C(=O)NC(Cc1ccc(C)cc1)C(=O)OC. The molecular formula is C12H14BNO3. The lowest BCUT2D eigenvalue weighted by atomic mass is 10.0. The molecule has 5 heteroatoms. The Morgan fingerprint density at radius 3 is 2.41 bits per heavy atom. The number of methoxy groups -OCH3 is 1. The molecule has 1 rings (SSSR count). The third kappa shape index (κ3) is 4.30. The molecule has 1 aromatic rings. The van der Waals surface area contributed by atoms with E-state index in [9.17, 15) is 9.59 Å². The van der Waals surface area contributed by atoms with Gasteiger partial charge in [-0.25, -0.2) is 4.79 Å². The molecule has 0 fully saturated rings. The van der Waals surface area contributed by atoms with E-state index in [-0.39, 0.29) is 0 Å². The average Bonchev–Trinajstić information content (AvgIpc) is 2.29. The minimum absolute atomic E-state index is 0.357. The lowest BCUT2D eigenvalue weighted by Crippen LogP contribution is -2.42. The van der Waals surface area contributed by atoms with Gasteiger partial charge in [0.15, 0.2) is 5.81 Å². The van der Waals surface area contributed by atoms with Crippen molar-refractivity contribution in [2.45, 2.75) is 19.4 Å². The molecule has 1 unspecified atom stereocenters. The number of nitrogens with one attached hydrogen (secondary N) is 1. The van der Waals surface area contributed by atoms with Crippen LogP contribution in [-0.4, -0.2) is 32.8 Å². The average molecular weight is 231 g/mol. The van der Waals surface area contributed by atoms with Gasteiger partial charge in [-0.2, -0.15) is 0 Å². The Kier molecular flexibility index (Phi) is 4.76. The van der Waals surface area contributed by atoms with E-state index in [2.05, 4.69) is 10.1 Å². The standard InChI is InChI=1S/C12H14BNO3/c1-8-3-5-9(6-4-8)7-10(11(15)17-2)14-12(13)16/h3-6,10H,7H2,1-2H3,(H,14,16). The molecule has 0 saturated carbocycles. The van der Waals surface area contributed by atoms with Crippen molar-refractivity contribution < 1.29 is 14.3 Å². The number of ether oxygens (including phenoxy) is 1. The Hall–Kier alpha value is -1.78. The number of carbonyl (C=O) groups is 2. The summed E-state index contributed by atoms with van der Waals surface area (Å²) in [4.78, 5) is 22.2. The van der Waals surface area contributed by atoms with Crippen molar-refractivity contribution >= 4 is 19.6 Å². The molecule has 1 N–H and O–H groups in total. The van der Waals surface area contributed by atoms with Gasteiger partial charge in [0.1, 0.15) is 6.04 Å². The van der Waals surface area contributed by atoms with Gasteiger partial charge < -0.3 is 10.1 Å². The van der Waals surface area contributed by atoms with Gasteiger partial charge in [-0.15, -0.1) is 0 Å². The van der Waals surface area contributed by atoms with Crippen LogP contribution in [0.5, 0.6) is 0 Å². The highest BCUT2D eigenvalue weighted by Crippen LogP contribution is 2.07. The molecule has 2 radical (unpaired) electrons. The lowest BCUT2D eigenvalue weighted by Gasteiger charge is -2.15. The monoisotopic (exact) mass is 231 g/mol.